The van der Waals surface area contributed by atoms with Crippen molar-refractivity contribution in [3.05, 3.63) is 53.6 Å². The molecule has 0 unspecified atom stereocenters. The summed E-state index contributed by atoms with van der Waals surface area (Å²) in [6, 6.07) is 8.27. The number of imidazole rings is 1. The number of carbonyl (C=O) groups is 1. The number of rotatable bonds is 3. The lowest BCUT2D eigenvalue weighted by Crippen LogP contribution is -2.38. The van der Waals surface area contributed by atoms with Gasteiger partial charge < -0.3 is 15.2 Å². The molecule has 0 bridgehead atoms. The number of hydrogen-bond donors (Lipinski definition) is 2. The van der Waals surface area contributed by atoms with Crippen LogP contribution in [-0.2, 0) is 0 Å². The van der Waals surface area contributed by atoms with Gasteiger partial charge in [0.15, 0.2) is 0 Å². The van der Waals surface area contributed by atoms with Crippen molar-refractivity contribution in [1.82, 2.24) is 20.2 Å². The van der Waals surface area contributed by atoms with E-state index in [1.54, 1.807) is 6.20 Å². The molecule has 0 aliphatic carbocycles. The second-order valence-electron chi connectivity index (χ2n) is 7.21. The monoisotopic (exact) mass is 338 g/mol. The smallest absolute Gasteiger partial charge is 0.253 e. The maximum Gasteiger partial charge on any atom is 0.253 e. The van der Waals surface area contributed by atoms with Gasteiger partial charge in [-0.05, 0) is 55.8 Å². The van der Waals surface area contributed by atoms with Crippen molar-refractivity contribution in [2.24, 2.45) is 0 Å². The first-order chi connectivity index (χ1) is 12.3. The number of amides is 1. The Morgan fingerprint density at radius 2 is 2.04 bits per heavy atom. The van der Waals surface area contributed by atoms with Crippen molar-refractivity contribution in [2.45, 2.75) is 37.5 Å². The van der Waals surface area contributed by atoms with Crippen LogP contribution < -0.4 is 5.32 Å². The zero-order valence-corrected chi connectivity index (χ0v) is 14.6. The highest BCUT2D eigenvalue weighted by molar-refractivity contribution is 5.94. The SMILES string of the molecule is O=C(c1cccc([C@H]2CCCNC2)c1)N1CCC(c2ncc[nH]2)CC1. The van der Waals surface area contributed by atoms with Crippen LogP contribution in [0.5, 0.6) is 0 Å². The first-order valence-electron chi connectivity index (χ1n) is 9.40. The summed E-state index contributed by atoms with van der Waals surface area (Å²) in [6.45, 7) is 3.74. The molecule has 2 fully saturated rings. The van der Waals surface area contributed by atoms with Crippen LogP contribution in [0.25, 0.3) is 0 Å². The first kappa shape index (κ1) is 16.3. The largest absolute Gasteiger partial charge is 0.348 e. The molecule has 2 aliphatic heterocycles. The molecule has 1 aromatic carbocycles. The molecule has 2 aliphatic rings. The molecule has 25 heavy (non-hydrogen) atoms. The average Bonchev–Trinajstić information content (AvgIpc) is 3.23. The lowest BCUT2D eigenvalue weighted by atomic mass is 9.90. The Bertz CT molecular complexity index is 698. The maximum atomic E-state index is 12.9. The Morgan fingerprint density at radius 1 is 1.16 bits per heavy atom. The van der Waals surface area contributed by atoms with Crippen LogP contribution in [0.4, 0.5) is 0 Å². The summed E-state index contributed by atoms with van der Waals surface area (Å²) >= 11 is 0. The summed E-state index contributed by atoms with van der Waals surface area (Å²) in [5.41, 5.74) is 2.13. The molecule has 1 aromatic heterocycles. The molecule has 5 nitrogen and oxygen atoms in total. The van der Waals surface area contributed by atoms with Gasteiger partial charge in [0.2, 0.25) is 0 Å². The van der Waals surface area contributed by atoms with Crippen molar-refractivity contribution in [1.29, 1.82) is 0 Å². The topological polar surface area (TPSA) is 61.0 Å². The van der Waals surface area contributed by atoms with Crippen molar-refractivity contribution < 1.29 is 4.79 Å². The number of aromatic amines is 1. The molecule has 1 atom stereocenters. The van der Waals surface area contributed by atoms with Crippen molar-refractivity contribution in [2.75, 3.05) is 26.2 Å². The molecular formula is C20H26N4O. The highest BCUT2D eigenvalue weighted by Gasteiger charge is 2.26. The predicted octanol–water partition coefficient (Wildman–Crippen LogP) is 2.90. The molecular weight excluding hydrogens is 312 g/mol. The van der Waals surface area contributed by atoms with Crippen molar-refractivity contribution in [3.8, 4) is 0 Å². The third-order valence-corrected chi connectivity index (χ3v) is 5.59. The molecule has 3 heterocycles. The van der Waals surface area contributed by atoms with Gasteiger partial charge in [0.1, 0.15) is 5.82 Å². The van der Waals surface area contributed by atoms with Gasteiger partial charge in [-0.25, -0.2) is 4.98 Å². The van der Waals surface area contributed by atoms with Gasteiger partial charge in [-0.2, -0.15) is 0 Å². The summed E-state index contributed by atoms with van der Waals surface area (Å²) in [6.07, 6.45) is 8.05. The molecule has 0 radical (unpaired) electrons. The Hall–Kier alpha value is -2.14. The van der Waals surface area contributed by atoms with Gasteiger partial charge in [0.25, 0.3) is 5.91 Å². The van der Waals surface area contributed by atoms with Crippen molar-refractivity contribution in [3.63, 3.8) is 0 Å². The van der Waals surface area contributed by atoms with E-state index in [1.807, 2.05) is 23.2 Å². The minimum atomic E-state index is 0.170. The van der Waals surface area contributed by atoms with Crippen LogP contribution in [0.15, 0.2) is 36.7 Å². The highest BCUT2D eigenvalue weighted by atomic mass is 16.2. The second kappa shape index (κ2) is 7.40. The van der Waals surface area contributed by atoms with E-state index in [4.69, 9.17) is 0 Å². The maximum absolute atomic E-state index is 12.9. The zero-order chi connectivity index (χ0) is 17.1. The van der Waals surface area contributed by atoms with E-state index in [9.17, 15) is 4.79 Å². The quantitative estimate of drug-likeness (QED) is 0.905. The molecule has 5 heteroatoms. The number of H-pyrrole nitrogens is 1. The summed E-state index contributed by atoms with van der Waals surface area (Å²) in [5.74, 6) is 2.20. The van der Waals surface area contributed by atoms with Gasteiger partial charge >= 0.3 is 0 Å². The van der Waals surface area contributed by atoms with E-state index in [0.717, 1.165) is 50.4 Å². The first-order valence-corrected chi connectivity index (χ1v) is 9.40. The van der Waals surface area contributed by atoms with Gasteiger partial charge in [-0.3, -0.25) is 4.79 Å². The Labute approximate surface area is 148 Å². The third kappa shape index (κ3) is 3.61. The Kier molecular flexibility index (Phi) is 4.83. The second-order valence-corrected chi connectivity index (χ2v) is 7.21. The normalized spacial score (nSPS) is 22.1. The van der Waals surface area contributed by atoms with E-state index in [2.05, 4.69) is 27.4 Å². The van der Waals surface area contributed by atoms with E-state index >= 15 is 0 Å². The lowest BCUT2D eigenvalue weighted by Gasteiger charge is -2.31. The van der Waals surface area contributed by atoms with Gasteiger partial charge in [-0.1, -0.05) is 12.1 Å². The summed E-state index contributed by atoms with van der Waals surface area (Å²) in [5, 5.41) is 3.46. The third-order valence-electron chi connectivity index (χ3n) is 5.59. The number of hydrogen-bond acceptors (Lipinski definition) is 3. The van der Waals surface area contributed by atoms with E-state index in [-0.39, 0.29) is 5.91 Å². The van der Waals surface area contributed by atoms with E-state index in [1.165, 1.54) is 18.4 Å². The highest BCUT2D eigenvalue weighted by Crippen LogP contribution is 2.27. The molecule has 132 valence electrons. The number of benzene rings is 1. The fraction of sp³-hybridized carbons (Fsp3) is 0.500. The number of carbonyl (C=O) groups excluding carboxylic acids is 1. The fourth-order valence-corrected chi connectivity index (χ4v) is 4.10. The molecule has 2 N–H and O–H groups in total. The summed E-state index contributed by atoms with van der Waals surface area (Å²) in [7, 11) is 0. The minimum Gasteiger partial charge on any atom is -0.348 e. The Morgan fingerprint density at radius 3 is 2.76 bits per heavy atom. The zero-order valence-electron chi connectivity index (χ0n) is 14.6. The van der Waals surface area contributed by atoms with E-state index in [0.29, 0.717) is 11.8 Å². The van der Waals surface area contributed by atoms with Gasteiger partial charge in [-0.15, -0.1) is 0 Å². The molecule has 2 aromatic rings. The summed E-state index contributed by atoms with van der Waals surface area (Å²) < 4.78 is 0. The molecule has 2 saturated heterocycles. The number of aromatic nitrogens is 2. The molecule has 1 amide bonds. The predicted molar refractivity (Wildman–Crippen MR) is 97.8 cm³/mol. The van der Waals surface area contributed by atoms with Gasteiger partial charge in [0.05, 0.1) is 0 Å². The van der Waals surface area contributed by atoms with Crippen LogP contribution in [0, 0.1) is 0 Å². The number of likely N-dealkylation sites (tertiary alicyclic amines) is 1. The number of nitrogens with zero attached hydrogens (tertiary/aromatic N) is 2. The summed E-state index contributed by atoms with van der Waals surface area (Å²) in [4.78, 5) is 22.5. The van der Waals surface area contributed by atoms with Crippen molar-refractivity contribution >= 4 is 5.91 Å². The van der Waals surface area contributed by atoms with E-state index < -0.39 is 0 Å². The number of piperidine rings is 2. The fourth-order valence-electron chi connectivity index (χ4n) is 4.10. The standard InChI is InChI=1S/C20H26N4O/c25-20(24-11-6-15(7-12-24)19-22-9-10-23-19)17-4-1-3-16(13-17)18-5-2-8-21-14-18/h1,3-4,9-10,13,15,18,21H,2,5-8,11-12,14H2,(H,22,23)/t18-/m0/s1. The van der Waals surface area contributed by atoms with Crippen LogP contribution >= 0.6 is 0 Å². The van der Waals surface area contributed by atoms with Gasteiger partial charge in [0, 0.05) is 43.5 Å². The Balaban J connectivity index is 1.41. The lowest BCUT2D eigenvalue weighted by molar-refractivity contribution is 0.0711. The average molecular weight is 338 g/mol. The van der Waals surface area contributed by atoms with Crippen LogP contribution in [0.3, 0.4) is 0 Å². The molecule has 0 spiro atoms. The van der Waals surface area contributed by atoms with Crippen LogP contribution in [0.1, 0.15) is 59.3 Å². The molecule has 4 rings (SSSR count). The molecule has 0 saturated carbocycles. The van der Waals surface area contributed by atoms with Crippen LogP contribution in [-0.4, -0.2) is 47.0 Å². The van der Waals surface area contributed by atoms with Crippen LogP contribution in [0.2, 0.25) is 0 Å². The minimum absolute atomic E-state index is 0.170. The number of nitrogens with one attached hydrogen (secondary N) is 2.